The van der Waals surface area contributed by atoms with Crippen molar-refractivity contribution in [1.29, 1.82) is 0 Å². The molecule has 1 aromatic rings. The number of carboxylic acids is 1. The molecule has 4 amide bonds. The van der Waals surface area contributed by atoms with E-state index in [1.54, 1.807) is 0 Å². The number of amides is 4. The van der Waals surface area contributed by atoms with Crippen molar-refractivity contribution in [2.75, 3.05) is 0 Å². The summed E-state index contributed by atoms with van der Waals surface area (Å²) in [6.07, 6.45) is 0. The maximum Gasteiger partial charge on any atom is 0.335 e. The number of azo groups is 1. The molecule has 1 aliphatic rings. The maximum atomic E-state index is 11.4. The van der Waals surface area contributed by atoms with E-state index in [2.05, 4.69) is 10.2 Å². The smallest absolute Gasteiger partial charge is 0.335 e. The van der Waals surface area contributed by atoms with Crippen molar-refractivity contribution < 1.29 is 24.3 Å². The van der Waals surface area contributed by atoms with Gasteiger partial charge in [-0.25, -0.2) is 9.59 Å². The Labute approximate surface area is 111 Å². The molecule has 1 saturated heterocycles. The number of imide groups is 2. The minimum absolute atomic E-state index is 0.0719. The van der Waals surface area contributed by atoms with E-state index in [0.717, 1.165) is 0 Å². The summed E-state index contributed by atoms with van der Waals surface area (Å²) in [5, 5.41) is 19.7. The van der Waals surface area contributed by atoms with Gasteiger partial charge in [0, 0.05) is 0 Å². The molecule has 0 spiro atoms. The number of barbiturate groups is 1. The van der Waals surface area contributed by atoms with Crippen molar-refractivity contribution in [2.24, 2.45) is 10.2 Å². The van der Waals surface area contributed by atoms with E-state index in [0.29, 0.717) is 0 Å². The molecule has 0 aromatic heterocycles. The molecule has 9 nitrogen and oxygen atoms in total. The fraction of sp³-hybridized carbons (Fsp3) is 0.0909. The van der Waals surface area contributed by atoms with Crippen LogP contribution in [-0.4, -0.2) is 35.0 Å². The highest BCUT2D eigenvalue weighted by atomic mass is 16.4. The Hall–Kier alpha value is -3.10. The van der Waals surface area contributed by atoms with Crippen LogP contribution in [0.5, 0.6) is 0 Å². The third-order valence-corrected chi connectivity index (χ3v) is 2.37. The minimum Gasteiger partial charge on any atom is -0.478 e. The van der Waals surface area contributed by atoms with E-state index in [9.17, 15) is 19.2 Å². The Balaban J connectivity index is 2.12. The number of nitrogens with zero attached hydrogens (tertiary/aromatic N) is 2. The fourth-order valence-electron chi connectivity index (χ4n) is 1.41. The molecule has 1 aromatic carbocycles. The van der Waals surface area contributed by atoms with E-state index < -0.39 is 29.9 Å². The zero-order chi connectivity index (χ0) is 14.7. The number of rotatable bonds is 3. The standard InChI is InChI=1S/C11H8N4O5/c16-8-7(9(17)13-11(20)12-8)15-14-6-3-1-5(2-4-6)10(18)19/h1-4,7H,(H,18,19)(H2,12,13,16,17,20). The van der Waals surface area contributed by atoms with Crippen LogP contribution in [-0.2, 0) is 9.59 Å². The zero-order valence-electron chi connectivity index (χ0n) is 9.86. The predicted molar refractivity (Wildman–Crippen MR) is 63.4 cm³/mol. The Morgan fingerprint density at radius 3 is 2.10 bits per heavy atom. The van der Waals surface area contributed by atoms with Crippen LogP contribution < -0.4 is 10.6 Å². The molecule has 9 heteroatoms. The molecule has 0 unspecified atom stereocenters. The van der Waals surface area contributed by atoms with Gasteiger partial charge in [0.25, 0.3) is 11.8 Å². The monoisotopic (exact) mass is 276 g/mol. The van der Waals surface area contributed by atoms with Crippen molar-refractivity contribution in [2.45, 2.75) is 6.04 Å². The average Bonchev–Trinajstić information content (AvgIpc) is 2.38. The second-order valence-corrected chi connectivity index (χ2v) is 3.78. The molecule has 0 bridgehead atoms. The highest BCUT2D eigenvalue weighted by molar-refractivity contribution is 6.18. The number of carbonyl (C=O) groups is 4. The molecule has 0 radical (unpaired) electrons. The average molecular weight is 276 g/mol. The molecule has 2 rings (SSSR count). The van der Waals surface area contributed by atoms with Gasteiger partial charge in [0.05, 0.1) is 11.3 Å². The normalized spacial score (nSPS) is 16.1. The van der Waals surface area contributed by atoms with E-state index in [4.69, 9.17) is 5.11 Å². The fourth-order valence-corrected chi connectivity index (χ4v) is 1.41. The van der Waals surface area contributed by atoms with Crippen LogP contribution in [0.2, 0.25) is 0 Å². The topological polar surface area (TPSA) is 137 Å². The van der Waals surface area contributed by atoms with Crippen molar-refractivity contribution in [3.63, 3.8) is 0 Å². The van der Waals surface area contributed by atoms with Gasteiger partial charge < -0.3 is 5.11 Å². The van der Waals surface area contributed by atoms with Gasteiger partial charge in [-0.2, -0.15) is 10.2 Å². The Kier molecular flexibility index (Phi) is 3.51. The first-order valence-electron chi connectivity index (χ1n) is 5.37. The van der Waals surface area contributed by atoms with Gasteiger partial charge in [-0.3, -0.25) is 20.2 Å². The summed E-state index contributed by atoms with van der Waals surface area (Å²) < 4.78 is 0. The van der Waals surface area contributed by atoms with Gasteiger partial charge in [0.1, 0.15) is 0 Å². The van der Waals surface area contributed by atoms with Gasteiger partial charge in [-0.05, 0) is 24.3 Å². The number of carboxylic acid groups (broad SMARTS) is 1. The summed E-state index contributed by atoms with van der Waals surface area (Å²) in [7, 11) is 0. The van der Waals surface area contributed by atoms with Gasteiger partial charge in [0.15, 0.2) is 0 Å². The van der Waals surface area contributed by atoms with Crippen LogP contribution in [0.4, 0.5) is 10.5 Å². The Bertz CT molecular complexity index is 602. The number of carbonyl (C=O) groups excluding carboxylic acids is 3. The number of hydrogen-bond donors (Lipinski definition) is 3. The molecule has 3 N–H and O–H groups in total. The molecule has 102 valence electrons. The number of urea groups is 1. The quantitative estimate of drug-likeness (QED) is 0.535. The third-order valence-electron chi connectivity index (χ3n) is 2.37. The molecule has 0 saturated carbocycles. The predicted octanol–water partition coefficient (Wildman–Crippen LogP) is 0.203. The Morgan fingerprint density at radius 1 is 1.05 bits per heavy atom. The molecule has 1 aliphatic heterocycles. The van der Waals surface area contributed by atoms with Gasteiger partial charge in [0.2, 0.25) is 6.04 Å². The van der Waals surface area contributed by atoms with Gasteiger partial charge in [-0.1, -0.05) is 0 Å². The van der Waals surface area contributed by atoms with Crippen LogP contribution in [0, 0.1) is 0 Å². The molecular formula is C11H8N4O5. The number of benzene rings is 1. The van der Waals surface area contributed by atoms with Crippen LogP contribution in [0.25, 0.3) is 0 Å². The molecular weight excluding hydrogens is 268 g/mol. The molecule has 20 heavy (non-hydrogen) atoms. The lowest BCUT2D eigenvalue weighted by Gasteiger charge is -2.15. The van der Waals surface area contributed by atoms with Crippen LogP contribution in [0.3, 0.4) is 0 Å². The lowest BCUT2D eigenvalue weighted by Crippen LogP contribution is -2.57. The van der Waals surface area contributed by atoms with Crippen LogP contribution >= 0.6 is 0 Å². The van der Waals surface area contributed by atoms with E-state index in [-0.39, 0.29) is 11.3 Å². The van der Waals surface area contributed by atoms with E-state index >= 15 is 0 Å². The Morgan fingerprint density at radius 2 is 1.60 bits per heavy atom. The number of aromatic carboxylic acids is 1. The van der Waals surface area contributed by atoms with Crippen molar-refractivity contribution in [3.05, 3.63) is 29.8 Å². The lowest BCUT2D eigenvalue weighted by molar-refractivity contribution is -0.131. The largest absolute Gasteiger partial charge is 0.478 e. The second kappa shape index (κ2) is 5.26. The first-order valence-corrected chi connectivity index (χ1v) is 5.37. The molecule has 0 aliphatic carbocycles. The summed E-state index contributed by atoms with van der Waals surface area (Å²) in [5.41, 5.74) is 0.343. The highest BCUT2D eigenvalue weighted by Crippen LogP contribution is 2.14. The highest BCUT2D eigenvalue weighted by Gasteiger charge is 2.34. The van der Waals surface area contributed by atoms with Crippen LogP contribution in [0.15, 0.2) is 34.5 Å². The SMILES string of the molecule is O=C1NC(=O)C(N=Nc2ccc(C(=O)O)cc2)C(=O)N1. The third kappa shape index (κ3) is 2.83. The summed E-state index contributed by atoms with van der Waals surface area (Å²) >= 11 is 0. The van der Waals surface area contributed by atoms with E-state index in [1.165, 1.54) is 24.3 Å². The summed E-state index contributed by atoms with van der Waals surface area (Å²) in [5.74, 6) is -2.83. The van der Waals surface area contributed by atoms with Crippen molar-refractivity contribution in [3.8, 4) is 0 Å². The second-order valence-electron chi connectivity index (χ2n) is 3.78. The van der Waals surface area contributed by atoms with Crippen molar-refractivity contribution >= 4 is 29.5 Å². The van der Waals surface area contributed by atoms with Gasteiger partial charge >= 0.3 is 12.0 Å². The maximum absolute atomic E-state index is 11.4. The molecule has 1 fully saturated rings. The summed E-state index contributed by atoms with van der Waals surface area (Å²) in [4.78, 5) is 44.2. The van der Waals surface area contributed by atoms with E-state index in [1.807, 2.05) is 10.6 Å². The number of hydrogen-bond acceptors (Lipinski definition) is 6. The summed E-state index contributed by atoms with van der Waals surface area (Å²) in [6, 6.07) is 3.00. The first-order chi connectivity index (χ1) is 9.47. The lowest BCUT2D eigenvalue weighted by atomic mass is 10.2. The zero-order valence-corrected chi connectivity index (χ0v) is 9.86. The summed E-state index contributed by atoms with van der Waals surface area (Å²) in [6.45, 7) is 0. The van der Waals surface area contributed by atoms with Crippen LogP contribution in [0.1, 0.15) is 10.4 Å². The number of nitrogens with one attached hydrogen (secondary N) is 2. The van der Waals surface area contributed by atoms with Crippen molar-refractivity contribution in [1.82, 2.24) is 10.6 Å². The molecule has 0 atom stereocenters. The first kappa shape index (κ1) is 13.3. The molecule has 1 heterocycles. The minimum atomic E-state index is -1.45. The van der Waals surface area contributed by atoms with Gasteiger partial charge in [-0.15, -0.1) is 0 Å².